The van der Waals surface area contributed by atoms with E-state index in [-0.39, 0.29) is 104 Å². The number of unbranched alkanes of at least 4 members (excludes halogenated alkanes) is 2. The zero-order chi connectivity index (χ0) is 49.9. The minimum Gasteiger partial charge on any atom is -0.481 e. The monoisotopic (exact) mass is 969 g/mol. The van der Waals surface area contributed by atoms with Gasteiger partial charge in [0.05, 0.1) is 26.2 Å². The highest BCUT2D eigenvalue weighted by atomic mass is 32.1. The summed E-state index contributed by atoms with van der Waals surface area (Å²) in [4.78, 5) is 112. The van der Waals surface area contributed by atoms with Crippen molar-refractivity contribution in [2.45, 2.75) is 75.9 Å². The Balaban J connectivity index is 1.87. The summed E-state index contributed by atoms with van der Waals surface area (Å²) < 4.78 is 0. The van der Waals surface area contributed by atoms with Gasteiger partial charge in [0.1, 0.15) is 12.1 Å². The SMILES string of the molecule is O=C(O)CC[C@H](NC(=O)N[C@@H](CCCCNC(=O)CCCCNC(=S)Nc1ccc(CC2CN(CC(=O)O)CCN(CC(=O)O)CCN(CC(=O)O)CCN2CC(=O)O)cc1)C(=O)O)C(=O)O. The van der Waals surface area contributed by atoms with Crippen LogP contribution in [0.15, 0.2) is 24.3 Å². The first-order chi connectivity index (χ1) is 31.7. The van der Waals surface area contributed by atoms with Crippen LogP contribution >= 0.6 is 12.2 Å². The lowest BCUT2D eigenvalue weighted by Crippen LogP contribution is -2.53. The van der Waals surface area contributed by atoms with Crippen LogP contribution in [-0.2, 0) is 44.8 Å². The second kappa shape index (κ2) is 30.9. The fourth-order valence-corrected chi connectivity index (χ4v) is 7.29. The van der Waals surface area contributed by atoms with Gasteiger partial charge < -0.3 is 62.3 Å². The number of hydrogen-bond acceptors (Lipinski definition) is 14. The normalized spacial score (nSPS) is 16.4. The molecule has 0 aliphatic carbocycles. The summed E-state index contributed by atoms with van der Waals surface area (Å²) in [5.41, 5.74) is 1.44. The number of thiocarbonyl (C=S) groups is 1. The number of nitrogens with one attached hydrogen (secondary N) is 5. The maximum Gasteiger partial charge on any atom is 0.326 e. The molecule has 1 aromatic rings. The lowest BCUT2D eigenvalue weighted by atomic mass is 10.0. The molecule has 1 saturated heterocycles. The molecule has 0 spiro atoms. The molecular weight excluding hydrogens is 907 g/mol. The van der Waals surface area contributed by atoms with E-state index < -0.39 is 72.4 Å². The van der Waals surface area contributed by atoms with E-state index in [4.69, 9.17) is 17.3 Å². The molecule has 1 aliphatic heterocycles. The number of benzene rings is 1. The molecule has 0 saturated carbocycles. The summed E-state index contributed by atoms with van der Waals surface area (Å²) in [6.45, 7) is 0.509. The van der Waals surface area contributed by atoms with E-state index in [0.29, 0.717) is 49.4 Å². The van der Waals surface area contributed by atoms with Crippen LogP contribution in [0.3, 0.4) is 0 Å². The van der Waals surface area contributed by atoms with Gasteiger partial charge in [-0.05, 0) is 74.9 Å². The molecule has 1 heterocycles. The average molecular weight is 970 g/mol. The third-order valence-corrected chi connectivity index (χ3v) is 10.7. The Morgan fingerprint density at radius 3 is 1.60 bits per heavy atom. The third-order valence-electron chi connectivity index (χ3n) is 10.5. The number of carboxylic acid groups (broad SMARTS) is 7. The zero-order valence-corrected chi connectivity index (χ0v) is 37.9. The zero-order valence-electron chi connectivity index (χ0n) is 37.1. The Hall–Kier alpha value is -6.22. The van der Waals surface area contributed by atoms with E-state index in [2.05, 4.69) is 26.6 Å². The minimum atomic E-state index is -1.52. The number of rotatable bonds is 28. The first kappa shape index (κ1) is 56.9. The number of hydrogen-bond donors (Lipinski definition) is 12. The van der Waals surface area contributed by atoms with Gasteiger partial charge in [0.25, 0.3) is 0 Å². The van der Waals surface area contributed by atoms with Crippen molar-refractivity contribution >= 4 is 76.7 Å². The Kier molecular flexibility index (Phi) is 26.2. The molecule has 2 rings (SSSR count). The molecule has 26 heteroatoms. The molecule has 67 heavy (non-hydrogen) atoms. The fourth-order valence-electron chi connectivity index (χ4n) is 7.07. The molecule has 1 aliphatic rings. The van der Waals surface area contributed by atoms with Crippen LogP contribution < -0.4 is 26.6 Å². The van der Waals surface area contributed by atoms with Gasteiger partial charge in [-0.3, -0.25) is 48.4 Å². The van der Waals surface area contributed by atoms with Gasteiger partial charge >= 0.3 is 47.8 Å². The molecule has 25 nitrogen and oxygen atoms in total. The number of amides is 3. The largest absolute Gasteiger partial charge is 0.481 e. The summed E-state index contributed by atoms with van der Waals surface area (Å²) in [7, 11) is 0. The Morgan fingerprint density at radius 2 is 1.06 bits per heavy atom. The summed E-state index contributed by atoms with van der Waals surface area (Å²) in [5.74, 6) is -8.68. The van der Waals surface area contributed by atoms with Crippen molar-refractivity contribution in [1.82, 2.24) is 40.9 Å². The molecule has 0 bridgehead atoms. The van der Waals surface area contributed by atoms with Gasteiger partial charge in [0.15, 0.2) is 5.11 Å². The minimum absolute atomic E-state index is 0.00495. The summed E-state index contributed by atoms with van der Waals surface area (Å²) in [5, 5.41) is 79.4. The van der Waals surface area contributed by atoms with Crippen molar-refractivity contribution < 1.29 is 78.9 Å². The number of anilines is 1. The Labute approximate surface area is 391 Å². The smallest absolute Gasteiger partial charge is 0.326 e. The van der Waals surface area contributed by atoms with E-state index in [1.54, 1.807) is 31.7 Å². The molecule has 3 atom stereocenters. The number of urea groups is 1. The van der Waals surface area contributed by atoms with Crippen molar-refractivity contribution in [1.29, 1.82) is 0 Å². The van der Waals surface area contributed by atoms with Crippen molar-refractivity contribution in [2.75, 3.05) is 90.4 Å². The first-order valence-electron chi connectivity index (χ1n) is 21.6. The predicted molar refractivity (Wildman–Crippen MR) is 242 cm³/mol. The molecule has 0 aromatic heterocycles. The lowest BCUT2D eigenvalue weighted by molar-refractivity contribution is -0.142. The van der Waals surface area contributed by atoms with E-state index in [1.165, 1.54) is 0 Å². The fraction of sp³-hybridized carbons (Fsp3) is 0.610. The second-order valence-electron chi connectivity index (χ2n) is 15.9. The molecule has 0 radical (unpaired) electrons. The first-order valence-corrected chi connectivity index (χ1v) is 22.0. The van der Waals surface area contributed by atoms with Crippen LogP contribution in [0.25, 0.3) is 0 Å². The molecule has 374 valence electrons. The van der Waals surface area contributed by atoms with Crippen LogP contribution in [0.4, 0.5) is 10.5 Å². The van der Waals surface area contributed by atoms with E-state index in [1.807, 2.05) is 12.1 Å². The number of carbonyl (C=O) groups excluding carboxylic acids is 2. The molecule has 1 aromatic carbocycles. The van der Waals surface area contributed by atoms with E-state index in [0.717, 1.165) is 5.56 Å². The summed E-state index contributed by atoms with van der Waals surface area (Å²) in [6.07, 6.45) is 1.46. The van der Waals surface area contributed by atoms with Crippen LogP contribution in [-0.4, -0.2) is 217 Å². The summed E-state index contributed by atoms with van der Waals surface area (Å²) in [6, 6.07) is 2.74. The van der Waals surface area contributed by atoms with Crippen LogP contribution in [0, 0.1) is 0 Å². The third kappa shape index (κ3) is 25.9. The van der Waals surface area contributed by atoms with Gasteiger partial charge in [-0.2, -0.15) is 0 Å². The molecule has 1 unspecified atom stereocenters. The Morgan fingerprint density at radius 1 is 0.567 bits per heavy atom. The molecule has 3 amide bonds. The van der Waals surface area contributed by atoms with Crippen LogP contribution in [0.5, 0.6) is 0 Å². The van der Waals surface area contributed by atoms with Gasteiger partial charge in [0.2, 0.25) is 5.91 Å². The van der Waals surface area contributed by atoms with Crippen molar-refractivity contribution in [3.05, 3.63) is 29.8 Å². The number of carbonyl (C=O) groups is 9. The molecular formula is C41H63N9O16S. The van der Waals surface area contributed by atoms with Crippen molar-refractivity contribution in [3.8, 4) is 0 Å². The maximum atomic E-state index is 12.3. The highest BCUT2D eigenvalue weighted by Gasteiger charge is 2.28. The van der Waals surface area contributed by atoms with E-state index in [9.17, 15) is 73.8 Å². The molecule has 1 fully saturated rings. The maximum absolute atomic E-state index is 12.3. The Bertz CT molecular complexity index is 1840. The average Bonchev–Trinajstić information content (AvgIpc) is 3.22. The standard InChI is InChI=1S/C41H63N9O16S/c51-32(42-13-3-1-5-30(38(62)63)45-40(66)46-31(39(64)65)11-12-33(52)53)6-2-4-14-43-41(67)44-28-9-7-27(8-10-28)21-29-22-49(25-36(58)59)18-17-47(23-34(54)55)15-16-48(24-35(56)57)19-20-50(29)26-37(60)61/h7-10,29-31H,1-6,11-26H2,(H,42,51)(H,52,53)(H,54,55)(H,56,57)(H,58,59)(H,60,61)(H,62,63)(H,64,65)(H2,43,44,67)(H2,45,46,66)/t29?,30-,31-/m0/s1. The van der Waals surface area contributed by atoms with Gasteiger partial charge in [0, 0.05) is 83.5 Å². The van der Waals surface area contributed by atoms with Crippen molar-refractivity contribution in [2.24, 2.45) is 0 Å². The lowest BCUT2D eigenvalue weighted by Gasteiger charge is -2.37. The predicted octanol–water partition coefficient (Wildman–Crippen LogP) is -1.03. The topological polar surface area (TPSA) is 368 Å². The van der Waals surface area contributed by atoms with Gasteiger partial charge in [-0.15, -0.1) is 0 Å². The quantitative estimate of drug-likeness (QED) is 0.0353. The van der Waals surface area contributed by atoms with Crippen LogP contribution in [0.1, 0.15) is 56.9 Å². The van der Waals surface area contributed by atoms with Crippen LogP contribution in [0.2, 0.25) is 0 Å². The summed E-state index contributed by atoms with van der Waals surface area (Å²) >= 11 is 5.43. The van der Waals surface area contributed by atoms with E-state index >= 15 is 0 Å². The number of nitrogens with zero attached hydrogens (tertiary/aromatic N) is 4. The van der Waals surface area contributed by atoms with Gasteiger partial charge in [-0.1, -0.05) is 12.1 Å². The number of carboxylic acids is 7. The second-order valence-corrected chi connectivity index (χ2v) is 16.3. The highest BCUT2D eigenvalue weighted by molar-refractivity contribution is 7.80. The highest BCUT2D eigenvalue weighted by Crippen LogP contribution is 2.16. The van der Waals surface area contributed by atoms with Crippen molar-refractivity contribution in [3.63, 3.8) is 0 Å². The molecule has 12 N–H and O–H groups in total. The van der Waals surface area contributed by atoms with Gasteiger partial charge in [-0.25, -0.2) is 14.4 Å². The number of aliphatic carboxylic acids is 7.